The number of halogens is 3. The van der Waals surface area contributed by atoms with E-state index < -0.39 is 12.1 Å². The molecule has 5 nitrogen and oxygen atoms in total. The summed E-state index contributed by atoms with van der Waals surface area (Å²) in [6.07, 6.45) is 0.0374. The highest BCUT2D eigenvalue weighted by Crippen LogP contribution is 2.43. The number of pyridine rings is 1. The largest absolute Gasteiger partial charge is 0.508 e. The number of aliphatic hydroxyl groups excluding tert-OH is 1. The van der Waals surface area contributed by atoms with Crippen LogP contribution in [0.4, 0.5) is 10.2 Å². The van der Waals surface area contributed by atoms with Crippen molar-refractivity contribution in [3.8, 4) is 17.2 Å². The van der Waals surface area contributed by atoms with E-state index >= 15 is 0 Å². The summed E-state index contributed by atoms with van der Waals surface area (Å²) in [5, 5.41) is 19.4. The molecule has 2 aromatic rings. The minimum Gasteiger partial charge on any atom is -0.508 e. The Bertz CT molecular complexity index is 833. The topological polar surface area (TPSA) is 65.8 Å². The molecule has 1 fully saturated rings. The van der Waals surface area contributed by atoms with Gasteiger partial charge in [-0.2, -0.15) is 9.37 Å². The number of nitrogens with zero attached hydrogens (tertiary/aromatic N) is 2. The Hall–Kier alpha value is -1.76. The summed E-state index contributed by atoms with van der Waals surface area (Å²) in [6, 6.07) is 4.71. The minimum absolute atomic E-state index is 0.0439. The fourth-order valence-corrected chi connectivity index (χ4v) is 3.41. The Morgan fingerprint density at radius 3 is 2.65 bits per heavy atom. The first-order chi connectivity index (χ1) is 12.3. The Kier molecular flexibility index (Phi) is 5.46. The van der Waals surface area contributed by atoms with Crippen LogP contribution >= 0.6 is 23.2 Å². The van der Waals surface area contributed by atoms with Crippen LogP contribution in [-0.2, 0) is 0 Å². The summed E-state index contributed by atoms with van der Waals surface area (Å²) in [7, 11) is 0. The second-order valence-electron chi connectivity index (χ2n) is 6.55. The van der Waals surface area contributed by atoms with Crippen LogP contribution in [0.1, 0.15) is 31.7 Å². The van der Waals surface area contributed by atoms with Crippen LogP contribution in [0.25, 0.3) is 0 Å². The van der Waals surface area contributed by atoms with Gasteiger partial charge in [0.25, 0.3) is 0 Å². The van der Waals surface area contributed by atoms with Crippen molar-refractivity contribution < 1.29 is 19.3 Å². The Labute approximate surface area is 160 Å². The second kappa shape index (κ2) is 7.47. The number of β-amino-alcohol motifs (C(OH)–C–C–N with tert-alkyl or cyclic N) is 1. The van der Waals surface area contributed by atoms with Gasteiger partial charge in [-0.1, -0.05) is 37.0 Å². The van der Waals surface area contributed by atoms with Crippen molar-refractivity contribution in [1.29, 1.82) is 0 Å². The van der Waals surface area contributed by atoms with Crippen LogP contribution in [0.3, 0.4) is 0 Å². The molecular formula is C18H19Cl2FN2O3. The molecule has 1 aromatic carbocycles. The third-order valence-electron chi connectivity index (χ3n) is 4.28. The maximum atomic E-state index is 14.2. The number of ether oxygens (including phenoxy) is 1. The van der Waals surface area contributed by atoms with Gasteiger partial charge in [0.2, 0.25) is 5.95 Å². The Morgan fingerprint density at radius 1 is 1.31 bits per heavy atom. The van der Waals surface area contributed by atoms with Crippen molar-refractivity contribution in [2.45, 2.75) is 32.3 Å². The van der Waals surface area contributed by atoms with Crippen molar-refractivity contribution in [1.82, 2.24) is 4.98 Å². The summed E-state index contributed by atoms with van der Waals surface area (Å²) < 4.78 is 20.0. The van der Waals surface area contributed by atoms with Crippen molar-refractivity contribution in [3.05, 3.63) is 39.8 Å². The second-order valence-corrected chi connectivity index (χ2v) is 7.31. The quantitative estimate of drug-likeness (QED) is 0.726. The van der Waals surface area contributed by atoms with E-state index in [1.807, 2.05) is 13.8 Å². The maximum absolute atomic E-state index is 14.2. The molecule has 1 unspecified atom stereocenters. The number of hydrogen-bond donors (Lipinski definition) is 2. The summed E-state index contributed by atoms with van der Waals surface area (Å²) in [5.74, 6) is -0.170. The monoisotopic (exact) mass is 400 g/mol. The van der Waals surface area contributed by atoms with E-state index in [9.17, 15) is 14.6 Å². The molecule has 1 atom stereocenters. The van der Waals surface area contributed by atoms with E-state index in [1.54, 1.807) is 17.0 Å². The van der Waals surface area contributed by atoms with Gasteiger partial charge in [-0.05, 0) is 30.5 Å². The SMILES string of the molecule is CC(C)c1cc(Oc2c(Cl)c(F)nc(N3CCC(O)C3)c2Cl)ccc1O. The van der Waals surface area contributed by atoms with Crippen LogP contribution in [0.5, 0.6) is 17.2 Å². The van der Waals surface area contributed by atoms with Crippen LogP contribution in [0.15, 0.2) is 18.2 Å². The first kappa shape index (κ1) is 19.0. The molecule has 1 aliphatic rings. The summed E-state index contributed by atoms with van der Waals surface area (Å²) in [4.78, 5) is 5.51. The lowest BCUT2D eigenvalue weighted by atomic mass is 10.0. The van der Waals surface area contributed by atoms with Gasteiger partial charge in [-0.15, -0.1) is 0 Å². The number of phenolic OH excluding ortho intramolecular Hbond substituents is 1. The number of benzene rings is 1. The fourth-order valence-electron chi connectivity index (χ4n) is 2.89. The molecule has 1 aromatic heterocycles. The molecule has 1 aliphatic heterocycles. The predicted octanol–water partition coefficient (Wildman–Crippen LogP) is 4.72. The molecule has 3 rings (SSSR count). The number of rotatable bonds is 4. The van der Waals surface area contributed by atoms with Crippen LogP contribution < -0.4 is 9.64 Å². The Balaban J connectivity index is 2.00. The zero-order chi connectivity index (χ0) is 19.0. The van der Waals surface area contributed by atoms with Gasteiger partial charge in [-0.25, -0.2) is 0 Å². The van der Waals surface area contributed by atoms with Gasteiger partial charge in [0.15, 0.2) is 11.6 Å². The molecule has 2 N–H and O–H groups in total. The molecule has 0 aliphatic carbocycles. The highest BCUT2D eigenvalue weighted by molar-refractivity contribution is 6.38. The van der Waals surface area contributed by atoms with Crippen LogP contribution in [0.2, 0.25) is 10.0 Å². The third kappa shape index (κ3) is 3.68. The van der Waals surface area contributed by atoms with Gasteiger partial charge in [0.05, 0.1) is 6.10 Å². The van der Waals surface area contributed by atoms with Crippen molar-refractivity contribution >= 4 is 29.0 Å². The molecule has 26 heavy (non-hydrogen) atoms. The van der Waals surface area contributed by atoms with Crippen LogP contribution in [0, 0.1) is 5.95 Å². The fraction of sp³-hybridized carbons (Fsp3) is 0.389. The molecule has 0 bridgehead atoms. The summed E-state index contributed by atoms with van der Waals surface area (Å²) >= 11 is 12.4. The van der Waals surface area contributed by atoms with E-state index in [-0.39, 0.29) is 33.3 Å². The normalized spacial score (nSPS) is 17.2. The van der Waals surface area contributed by atoms with Crippen LogP contribution in [-0.4, -0.2) is 34.4 Å². The summed E-state index contributed by atoms with van der Waals surface area (Å²) in [5.41, 5.74) is 0.687. The van der Waals surface area contributed by atoms with E-state index in [0.717, 1.165) is 0 Å². The number of anilines is 1. The van der Waals surface area contributed by atoms with Crippen molar-refractivity contribution in [2.75, 3.05) is 18.0 Å². The molecule has 0 amide bonds. The van der Waals surface area contributed by atoms with E-state index in [0.29, 0.717) is 30.8 Å². The highest BCUT2D eigenvalue weighted by Gasteiger charge is 2.28. The Morgan fingerprint density at radius 2 is 2.04 bits per heavy atom. The molecule has 0 saturated carbocycles. The van der Waals surface area contributed by atoms with Gasteiger partial charge in [-0.3, -0.25) is 0 Å². The molecule has 0 spiro atoms. The van der Waals surface area contributed by atoms with Gasteiger partial charge in [0, 0.05) is 18.7 Å². The van der Waals surface area contributed by atoms with Gasteiger partial charge in [0.1, 0.15) is 21.5 Å². The zero-order valence-corrected chi connectivity index (χ0v) is 15.9. The lowest BCUT2D eigenvalue weighted by molar-refractivity contribution is 0.198. The first-order valence-electron chi connectivity index (χ1n) is 8.26. The average Bonchev–Trinajstić information content (AvgIpc) is 3.02. The number of phenols is 1. The van der Waals surface area contributed by atoms with Crippen molar-refractivity contribution in [2.24, 2.45) is 0 Å². The number of aliphatic hydroxyl groups is 1. The lowest BCUT2D eigenvalue weighted by Gasteiger charge is -2.21. The average molecular weight is 401 g/mol. The summed E-state index contributed by atoms with van der Waals surface area (Å²) in [6.45, 7) is 4.68. The predicted molar refractivity (Wildman–Crippen MR) is 99.3 cm³/mol. The molecule has 1 saturated heterocycles. The molecule has 2 heterocycles. The minimum atomic E-state index is -0.898. The first-order valence-corrected chi connectivity index (χ1v) is 9.01. The highest BCUT2D eigenvalue weighted by atomic mass is 35.5. The molecule has 140 valence electrons. The van der Waals surface area contributed by atoms with Gasteiger partial charge >= 0.3 is 0 Å². The standard InChI is InChI=1S/C18H19Cl2FN2O3/c1-9(2)12-7-11(3-4-13(12)25)26-16-14(19)17(21)22-18(15(16)20)23-6-5-10(24)8-23/h3-4,7,9-10,24-25H,5-6,8H2,1-2H3. The van der Waals surface area contributed by atoms with Crippen molar-refractivity contribution in [3.63, 3.8) is 0 Å². The molecular weight excluding hydrogens is 382 g/mol. The number of hydrogen-bond acceptors (Lipinski definition) is 5. The number of aromatic nitrogens is 1. The molecule has 8 heteroatoms. The van der Waals surface area contributed by atoms with E-state index in [2.05, 4.69) is 4.98 Å². The van der Waals surface area contributed by atoms with E-state index in [1.165, 1.54) is 6.07 Å². The molecule has 0 radical (unpaired) electrons. The van der Waals surface area contributed by atoms with E-state index in [4.69, 9.17) is 27.9 Å². The lowest BCUT2D eigenvalue weighted by Crippen LogP contribution is -2.23. The van der Waals surface area contributed by atoms with Gasteiger partial charge < -0.3 is 19.8 Å². The number of aromatic hydroxyl groups is 1. The third-order valence-corrected chi connectivity index (χ3v) is 4.95. The zero-order valence-electron chi connectivity index (χ0n) is 14.3. The smallest absolute Gasteiger partial charge is 0.237 e. The maximum Gasteiger partial charge on any atom is 0.237 e.